The molecule has 0 spiro atoms. The minimum Gasteiger partial charge on any atom is -0.373 e. The van der Waals surface area contributed by atoms with Crippen LogP contribution in [0.5, 0.6) is 0 Å². The Morgan fingerprint density at radius 1 is 1.53 bits per heavy atom. The zero-order chi connectivity index (χ0) is 13.9. The molecule has 0 aromatic carbocycles. The highest BCUT2D eigenvalue weighted by atomic mass is 32.2. The fraction of sp³-hybridized carbons (Fsp3) is 0.615. The lowest BCUT2D eigenvalue weighted by molar-refractivity contribution is 0.261. The second-order valence-electron chi connectivity index (χ2n) is 4.91. The molecule has 1 unspecified atom stereocenters. The molecule has 0 amide bonds. The zero-order valence-electron chi connectivity index (χ0n) is 11.5. The van der Waals surface area contributed by atoms with Crippen molar-refractivity contribution in [2.45, 2.75) is 31.1 Å². The maximum Gasteiger partial charge on any atom is 0.243 e. The van der Waals surface area contributed by atoms with Crippen LogP contribution in [-0.2, 0) is 10.0 Å². The summed E-state index contributed by atoms with van der Waals surface area (Å²) >= 11 is 0. The van der Waals surface area contributed by atoms with Crippen molar-refractivity contribution in [1.82, 2.24) is 9.29 Å². The van der Waals surface area contributed by atoms with Crippen molar-refractivity contribution in [2.24, 2.45) is 5.92 Å². The van der Waals surface area contributed by atoms with E-state index in [0.717, 1.165) is 19.3 Å². The lowest BCUT2D eigenvalue weighted by Crippen LogP contribution is -2.39. The minimum absolute atomic E-state index is 0.323. The smallest absolute Gasteiger partial charge is 0.243 e. The van der Waals surface area contributed by atoms with Gasteiger partial charge in [-0.3, -0.25) is 0 Å². The van der Waals surface area contributed by atoms with Gasteiger partial charge in [0.05, 0.1) is 4.90 Å². The lowest BCUT2D eigenvalue weighted by Gasteiger charge is -2.31. The monoisotopic (exact) mass is 283 g/mol. The number of hydrogen-bond acceptors (Lipinski definition) is 4. The number of nitrogens with one attached hydrogen (secondary N) is 1. The SMILES string of the molecule is CCC1CCCN(S(=O)(=O)c2ccnc(NC)c2)C1. The Kier molecular flexibility index (Phi) is 4.42. The molecule has 0 radical (unpaired) electrons. The van der Waals surface area contributed by atoms with Crippen LogP contribution in [-0.4, -0.2) is 37.8 Å². The van der Waals surface area contributed by atoms with Gasteiger partial charge in [0.1, 0.15) is 5.82 Å². The number of nitrogens with zero attached hydrogens (tertiary/aromatic N) is 2. The molecule has 2 rings (SSSR count). The fourth-order valence-electron chi connectivity index (χ4n) is 2.44. The minimum atomic E-state index is -3.38. The Morgan fingerprint density at radius 3 is 3.00 bits per heavy atom. The summed E-state index contributed by atoms with van der Waals surface area (Å²) < 4.78 is 26.8. The summed E-state index contributed by atoms with van der Waals surface area (Å²) in [7, 11) is -1.66. The highest BCUT2D eigenvalue weighted by molar-refractivity contribution is 7.89. The van der Waals surface area contributed by atoms with E-state index in [2.05, 4.69) is 17.2 Å². The Labute approximate surface area is 115 Å². The second kappa shape index (κ2) is 5.88. The summed E-state index contributed by atoms with van der Waals surface area (Å²) in [6.07, 6.45) is 4.63. The summed E-state index contributed by atoms with van der Waals surface area (Å²) in [5.74, 6) is 1.05. The third kappa shape index (κ3) is 3.06. The first-order valence-corrected chi connectivity index (χ1v) is 8.16. The number of anilines is 1. The van der Waals surface area contributed by atoms with Crippen molar-refractivity contribution in [3.63, 3.8) is 0 Å². The van der Waals surface area contributed by atoms with Gasteiger partial charge < -0.3 is 5.32 Å². The van der Waals surface area contributed by atoms with Crippen molar-refractivity contribution < 1.29 is 8.42 Å². The molecule has 19 heavy (non-hydrogen) atoms. The molecular formula is C13H21N3O2S. The predicted octanol–water partition coefficient (Wildman–Crippen LogP) is 1.93. The van der Waals surface area contributed by atoms with Crippen LogP contribution in [0.3, 0.4) is 0 Å². The molecule has 6 heteroatoms. The van der Waals surface area contributed by atoms with E-state index in [1.807, 2.05) is 0 Å². The number of sulfonamides is 1. The maximum absolute atomic E-state index is 12.6. The fourth-order valence-corrected chi connectivity index (χ4v) is 4.00. The zero-order valence-corrected chi connectivity index (χ0v) is 12.3. The van der Waals surface area contributed by atoms with Gasteiger partial charge in [-0.05, 0) is 24.8 Å². The van der Waals surface area contributed by atoms with Crippen LogP contribution in [0, 0.1) is 5.92 Å². The van der Waals surface area contributed by atoms with E-state index in [1.165, 1.54) is 6.20 Å². The normalized spacial score (nSPS) is 21.3. The van der Waals surface area contributed by atoms with E-state index in [1.54, 1.807) is 23.5 Å². The van der Waals surface area contributed by atoms with Crippen molar-refractivity contribution in [2.75, 3.05) is 25.5 Å². The highest BCUT2D eigenvalue weighted by Crippen LogP contribution is 2.25. The van der Waals surface area contributed by atoms with E-state index in [-0.39, 0.29) is 0 Å². The molecule has 0 bridgehead atoms. The molecule has 1 aliphatic rings. The predicted molar refractivity (Wildman–Crippen MR) is 75.6 cm³/mol. The van der Waals surface area contributed by atoms with E-state index < -0.39 is 10.0 Å². The van der Waals surface area contributed by atoms with Crippen molar-refractivity contribution in [3.05, 3.63) is 18.3 Å². The first-order valence-electron chi connectivity index (χ1n) is 6.72. The van der Waals surface area contributed by atoms with Crippen LogP contribution in [0.25, 0.3) is 0 Å². The first kappa shape index (κ1) is 14.3. The van der Waals surface area contributed by atoms with Crippen LogP contribution >= 0.6 is 0 Å². The molecule has 106 valence electrons. The second-order valence-corrected chi connectivity index (χ2v) is 6.84. The average Bonchev–Trinajstić information content (AvgIpc) is 2.47. The third-order valence-corrected chi connectivity index (χ3v) is 5.55. The van der Waals surface area contributed by atoms with Gasteiger partial charge in [0.15, 0.2) is 0 Å². The van der Waals surface area contributed by atoms with Gasteiger partial charge in [-0.2, -0.15) is 4.31 Å². The topological polar surface area (TPSA) is 62.3 Å². The number of pyridine rings is 1. The van der Waals surface area contributed by atoms with Crippen LogP contribution in [0.15, 0.2) is 23.2 Å². The largest absolute Gasteiger partial charge is 0.373 e. The molecule has 2 heterocycles. The van der Waals surface area contributed by atoms with Crippen LogP contribution in [0.2, 0.25) is 0 Å². The molecule has 5 nitrogen and oxygen atoms in total. The van der Waals surface area contributed by atoms with E-state index >= 15 is 0 Å². The Balaban J connectivity index is 2.25. The lowest BCUT2D eigenvalue weighted by atomic mass is 9.97. The van der Waals surface area contributed by atoms with Crippen molar-refractivity contribution >= 4 is 15.8 Å². The van der Waals surface area contributed by atoms with Crippen LogP contribution in [0.1, 0.15) is 26.2 Å². The standard InChI is InChI=1S/C13H21N3O2S/c1-3-11-5-4-8-16(10-11)19(17,18)12-6-7-15-13(9-12)14-2/h6-7,9,11H,3-5,8,10H2,1-2H3,(H,14,15). The van der Waals surface area contributed by atoms with Crippen LogP contribution in [0.4, 0.5) is 5.82 Å². The molecule has 1 N–H and O–H groups in total. The van der Waals surface area contributed by atoms with Gasteiger partial charge in [0, 0.05) is 32.4 Å². The summed E-state index contributed by atoms with van der Waals surface area (Å²) in [5, 5.41) is 2.87. The molecule has 1 aromatic rings. The molecule has 1 fully saturated rings. The molecule has 0 aliphatic carbocycles. The van der Waals surface area contributed by atoms with E-state index in [4.69, 9.17) is 0 Å². The van der Waals surface area contributed by atoms with Gasteiger partial charge >= 0.3 is 0 Å². The quantitative estimate of drug-likeness (QED) is 0.917. The van der Waals surface area contributed by atoms with Gasteiger partial charge in [-0.25, -0.2) is 13.4 Å². The molecule has 0 saturated carbocycles. The van der Waals surface area contributed by atoms with Crippen LogP contribution < -0.4 is 5.32 Å². The first-order chi connectivity index (χ1) is 9.07. The Hall–Kier alpha value is -1.14. The average molecular weight is 283 g/mol. The summed E-state index contributed by atoms with van der Waals surface area (Å²) in [5.41, 5.74) is 0. The van der Waals surface area contributed by atoms with Gasteiger partial charge in [-0.1, -0.05) is 13.3 Å². The van der Waals surface area contributed by atoms with E-state index in [0.29, 0.717) is 29.7 Å². The highest BCUT2D eigenvalue weighted by Gasteiger charge is 2.29. The number of aromatic nitrogens is 1. The maximum atomic E-state index is 12.6. The molecule has 1 atom stereocenters. The third-order valence-electron chi connectivity index (χ3n) is 3.68. The Morgan fingerprint density at radius 2 is 2.32 bits per heavy atom. The van der Waals surface area contributed by atoms with Crippen molar-refractivity contribution in [3.8, 4) is 0 Å². The van der Waals surface area contributed by atoms with Gasteiger partial charge in [-0.15, -0.1) is 0 Å². The molecular weight excluding hydrogens is 262 g/mol. The summed E-state index contributed by atoms with van der Waals surface area (Å²) in [6.45, 7) is 3.37. The van der Waals surface area contributed by atoms with E-state index in [9.17, 15) is 8.42 Å². The molecule has 1 aromatic heterocycles. The van der Waals surface area contributed by atoms with Gasteiger partial charge in [0.25, 0.3) is 0 Å². The number of piperidine rings is 1. The number of hydrogen-bond donors (Lipinski definition) is 1. The summed E-state index contributed by atoms with van der Waals surface area (Å²) in [6, 6.07) is 3.15. The van der Waals surface area contributed by atoms with Gasteiger partial charge in [0.2, 0.25) is 10.0 Å². The number of rotatable bonds is 4. The molecule has 1 aliphatic heterocycles. The Bertz CT molecular complexity index is 530. The van der Waals surface area contributed by atoms with Crippen molar-refractivity contribution in [1.29, 1.82) is 0 Å². The summed E-state index contributed by atoms with van der Waals surface area (Å²) in [4.78, 5) is 4.38. The molecule has 1 saturated heterocycles.